The lowest BCUT2D eigenvalue weighted by Crippen LogP contribution is -2.48. The van der Waals surface area contributed by atoms with E-state index in [1.54, 1.807) is 24.3 Å². The summed E-state index contributed by atoms with van der Waals surface area (Å²) < 4.78 is 0. The first-order chi connectivity index (χ1) is 28.5. The number of nitrogens with zero attached hydrogens (tertiary/aromatic N) is 3. The van der Waals surface area contributed by atoms with Gasteiger partial charge in [-0.1, -0.05) is 153 Å². The van der Waals surface area contributed by atoms with Crippen LogP contribution in [0.2, 0.25) is 20.1 Å². The number of hydrogen-bond acceptors (Lipinski definition) is 4. The summed E-state index contributed by atoms with van der Waals surface area (Å²) in [6, 6.07) is 52.5. The van der Waals surface area contributed by atoms with Crippen LogP contribution in [0.15, 0.2) is 158 Å². The summed E-state index contributed by atoms with van der Waals surface area (Å²) in [5.74, 6) is 0. The molecule has 320 valence electrons. The summed E-state index contributed by atoms with van der Waals surface area (Å²) >= 11 is 36.5. The van der Waals surface area contributed by atoms with Crippen LogP contribution in [0.4, 0.5) is 11.4 Å². The zero-order valence-electron chi connectivity index (χ0n) is 33.9. The van der Waals surface area contributed by atoms with Crippen LogP contribution in [0.3, 0.4) is 0 Å². The van der Waals surface area contributed by atoms with Crippen LogP contribution >= 0.6 is 69.6 Å². The highest BCUT2D eigenvalue weighted by Gasteiger charge is 2.28. The summed E-state index contributed by atoms with van der Waals surface area (Å²) in [5.41, 5.74) is 12.3. The first kappa shape index (κ1) is 50.9. The standard InChI is InChI=1S/C23H22Cl2N2.C18H20Cl3N.C6H6ClN.C2H6.CH4/c24-20-8-6-19(7-9-20)23-17-26(16-18-4-2-1-3-5-18)14-15-27(23)22-12-10-21(25)11-13-22;1-14(19)11-22(12-15-5-3-2-4-6-15)13-18(21)16-7-9-17(20)10-8-16;7-5-1-3-6(8)4-2-5;1-2;/h1-13,23H,14-17H2;2-10,14,18H,11-13H2,1H3;1-4H,8H2;1-2H3;1H4. The van der Waals surface area contributed by atoms with Crippen molar-refractivity contribution in [3.8, 4) is 0 Å². The molecule has 10 heteroatoms. The molecule has 0 amide bonds. The Bertz CT molecular complexity index is 1990. The van der Waals surface area contributed by atoms with Gasteiger partial charge in [0.15, 0.2) is 0 Å². The van der Waals surface area contributed by atoms with Crippen molar-refractivity contribution < 1.29 is 0 Å². The van der Waals surface area contributed by atoms with Crippen molar-refractivity contribution in [3.63, 3.8) is 0 Å². The van der Waals surface area contributed by atoms with Gasteiger partial charge in [0.05, 0.1) is 11.4 Å². The fraction of sp³-hybridized carbons (Fsp3) is 0.280. The molecule has 0 radical (unpaired) electrons. The number of nitrogens with two attached hydrogens (primary N) is 1. The molecule has 0 aromatic heterocycles. The maximum absolute atomic E-state index is 6.58. The van der Waals surface area contributed by atoms with Crippen molar-refractivity contribution in [2.24, 2.45) is 0 Å². The fourth-order valence-electron chi connectivity index (χ4n) is 6.60. The first-order valence-corrected chi connectivity index (χ1v) is 22.3. The number of hydrogen-bond donors (Lipinski definition) is 1. The Kier molecular flexibility index (Phi) is 23.4. The van der Waals surface area contributed by atoms with E-state index in [0.717, 1.165) is 77.2 Å². The van der Waals surface area contributed by atoms with Gasteiger partial charge in [-0.2, -0.15) is 0 Å². The third kappa shape index (κ3) is 17.9. The van der Waals surface area contributed by atoms with Crippen molar-refractivity contribution in [2.45, 2.75) is 58.1 Å². The van der Waals surface area contributed by atoms with Crippen molar-refractivity contribution in [3.05, 3.63) is 200 Å². The van der Waals surface area contributed by atoms with E-state index in [1.165, 1.54) is 22.4 Å². The molecule has 1 fully saturated rings. The number of rotatable bonds is 11. The highest BCUT2D eigenvalue weighted by atomic mass is 35.5. The van der Waals surface area contributed by atoms with E-state index >= 15 is 0 Å². The molecule has 7 rings (SSSR count). The quantitative estimate of drug-likeness (QED) is 0.104. The van der Waals surface area contributed by atoms with Gasteiger partial charge in [-0.25, -0.2) is 0 Å². The smallest absolute Gasteiger partial charge is 0.0712 e. The molecular formula is C50H58Cl6N4. The molecule has 1 aliphatic heterocycles. The van der Waals surface area contributed by atoms with Gasteiger partial charge in [-0.3, -0.25) is 9.80 Å². The topological polar surface area (TPSA) is 35.7 Å². The van der Waals surface area contributed by atoms with Gasteiger partial charge in [0.2, 0.25) is 0 Å². The highest BCUT2D eigenvalue weighted by molar-refractivity contribution is 6.31. The van der Waals surface area contributed by atoms with Crippen molar-refractivity contribution in [1.82, 2.24) is 9.80 Å². The Morgan fingerprint density at radius 2 is 1.07 bits per heavy atom. The van der Waals surface area contributed by atoms with Crippen LogP contribution in [-0.2, 0) is 13.1 Å². The molecule has 6 aromatic rings. The molecule has 3 atom stereocenters. The van der Waals surface area contributed by atoms with Gasteiger partial charge in [0.25, 0.3) is 0 Å². The molecular weight excluding hydrogens is 869 g/mol. The molecule has 0 bridgehead atoms. The molecule has 6 aromatic carbocycles. The number of alkyl halides is 2. The number of nitrogen functional groups attached to an aromatic ring is 1. The van der Waals surface area contributed by atoms with Gasteiger partial charge in [-0.05, 0) is 102 Å². The fourth-order valence-corrected chi connectivity index (χ4v) is 7.64. The van der Waals surface area contributed by atoms with Crippen LogP contribution in [0.5, 0.6) is 0 Å². The molecule has 0 aliphatic carbocycles. The zero-order valence-corrected chi connectivity index (χ0v) is 38.4. The van der Waals surface area contributed by atoms with E-state index in [1.807, 2.05) is 75.4 Å². The van der Waals surface area contributed by atoms with Gasteiger partial charge < -0.3 is 10.6 Å². The van der Waals surface area contributed by atoms with Crippen molar-refractivity contribution in [2.75, 3.05) is 43.4 Å². The van der Waals surface area contributed by atoms with Crippen molar-refractivity contribution >= 4 is 81.0 Å². The third-order valence-electron chi connectivity index (χ3n) is 9.41. The second kappa shape index (κ2) is 27.5. The van der Waals surface area contributed by atoms with E-state index in [9.17, 15) is 0 Å². The van der Waals surface area contributed by atoms with E-state index < -0.39 is 0 Å². The van der Waals surface area contributed by atoms with E-state index in [4.69, 9.17) is 75.3 Å². The minimum absolute atomic E-state index is 0. The maximum Gasteiger partial charge on any atom is 0.0712 e. The van der Waals surface area contributed by atoms with Crippen LogP contribution in [0.1, 0.15) is 61.9 Å². The average Bonchev–Trinajstić information content (AvgIpc) is 3.24. The lowest BCUT2D eigenvalue weighted by molar-refractivity contribution is 0.215. The maximum atomic E-state index is 6.58. The minimum atomic E-state index is -0.0867. The molecule has 60 heavy (non-hydrogen) atoms. The summed E-state index contributed by atoms with van der Waals surface area (Å²) in [6.45, 7) is 12.3. The number of anilines is 2. The molecule has 2 N–H and O–H groups in total. The lowest BCUT2D eigenvalue weighted by atomic mass is 10.0. The van der Waals surface area contributed by atoms with Gasteiger partial charge in [0, 0.05) is 82.7 Å². The largest absolute Gasteiger partial charge is 0.399 e. The van der Waals surface area contributed by atoms with Crippen LogP contribution in [0, 0.1) is 0 Å². The first-order valence-electron chi connectivity index (χ1n) is 19.9. The van der Waals surface area contributed by atoms with E-state index in [-0.39, 0.29) is 24.2 Å². The Morgan fingerprint density at radius 1 is 0.600 bits per heavy atom. The monoisotopic (exact) mass is 924 g/mol. The zero-order chi connectivity index (χ0) is 42.6. The van der Waals surface area contributed by atoms with Gasteiger partial charge in [-0.15, -0.1) is 23.2 Å². The predicted octanol–water partition coefficient (Wildman–Crippen LogP) is 15.4. The summed E-state index contributed by atoms with van der Waals surface area (Å²) in [5, 5.41) is 2.98. The summed E-state index contributed by atoms with van der Waals surface area (Å²) in [6.07, 6.45) is 0. The Morgan fingerprint density at radius 3 is 1.57 bits per heavy atom. The normalized spacial score (nSPS) is 14.5. The molecule has 3 unspecified atom stereocenters. The minimum Gasteiger partial charge on any atom is -0.399 e. The molecule has 0 saturated carbocycles. The Hall–Kier alpha value is -3.42. The highest BCUT2D eigenvalue weighted by Crippen LogP contribution is 2.33. The lowest BCUT2D eigenvalue weighted by Gasteiger charge is -2.43. The van der Waals surface area contributed by atoms with Crippen LogP contribution < -0.4 is 10.6 Å². The Labute approximate surface area is 389 Å². The SMILES string of the molecule is C.CC.CC(Cl)CN(Cc1ccccc1)CC(Cl)c1ccc(Cl)cc1.Clc1ccc(C2CN(Cc3ccccc3)CCN2c2ccc(Cl)cc2)cc1.Nc1ccc(Cl)cc1. The number of benzene rings is 6. The number of piperazine rings is 1. The summed E-state index contributed by atoms with van der Waals surface area (Å²) in [7, 11) is 0. The molecule has 1 heterocycles. The average molecular weight is 928 g/mol. The van der Waals surface area contributed by atoms with Crippen LogP contribution in [-0.4, -0.2) is 47.9 Å². The second-order valence-corrected chi connectivity index (χ2v) is 17.0. The predicted molar refractivity (Wildman–Crippen MR) is 266 cm³/mol. The second-order valence-electron chi connectivity index (χ2n) is 14.0. The summed E-state index contributed by atoms with van der Waals surface area (Å²) in [4.78, 5) is 7.29. The third-order valence-corrected chi connectivity index (χ3v) is 10.9. The molecule has 1 saturated heterocycles. The van der Waals surface area contributed by atoms with Gasteiger partial charge >= 0.3 is 0 Å². The van der Waals surface area contributed by atoms with Gasteiger partial charge in [0.1, 0.15) is 0 Å². The molecule has 1 aliphatic rings. The van der Waals surface area contributed by atoms with E-state index in [2.05, 4.69) is 93.6 Å². The van der Waals surface area contributed by atoms with Crippen LogP contribution in [0.25, 0.3) is 0 Å². The number of halogens is 6. The Balaban J connectivity index is 0.000000261. The molecule has 4 nitrogen and oxygen atoms in total. The van der Waals surface area contributed by atoms with Crippen molar-refractivity contribution in [1.29, 1.82) is 0 Å². The van der Waals surface area contributed by atoms with E-state index in [0.29, 0.717) is 0 Å². The molecule has 0 spiro atoms.